The first kappa shape index (κ1) is 26.1. The van der Waals surface area contributed by atoms with Gasteiger partial charge in [-0.2, -0.15) is 0 Å². The summed E-state index contributed by atoms with van der Waals surface area (Å²) in [5, 5.41) is 3.34. The third-order valence-corrected chi connectivity index (χ3v) is 6.83. The highest BCUT2D eigenvalue weighted by atomic mass is 32.2. The van der Waals surface area contributed by atoms with Crippen molar-refractivity contribution in [3.8, 4) is 16.9 Å². The zero-order chi connectivity index (χ0) is 27.8. The fourth-order valence-corrected chi connectivity index (χ4v) is 4.63. The molecule has 0 aliphatic carbocycles. The number of hydrogen-bond donors (Lipinski definition) is 1. The number of aryl methyl sites for hydroxylation is 1. The summed E-state index contributed by atoms with van der Waals surface area (Å²) in [6.45, 7) is 5.93. The summed E-state index contributed by atoms with van der Waals surface area (Å²) in [6.07, 6.45) is 1.37. The Labute approximate surface area is 224 Å². The molecule has 3 aromatic carbocycles. The van der Waals surface area contributed by atoms with Gasteiger partial charge in [-0.25, -0.2) is 23.1 Å². The van der Waals surface area contributed by atoms with E-state index in [1.165, 1.54) is 36.6 Å². The van der Waals surface area contributed by atoms with Crippen LogP contribution in [0.2, 0.25) is 0 Å². The topological polar surface area (TPSA) is 76.9 Å². The number of nitrogens with one attached hydrogen (secondary N) is 1. The maximum Gasteiger partial charge on any atom is 0.256 e. The molecule has 2 aromatic heterocycles. The molecule has 5 rings (SSSR count). The molecule has 0 saturated heterocycles. The summed E-state index contributed by atoms with van der Waals surface area (Å²) in [7, 11) is -1.69. The normalized spacial score (nSPS) is 11.9. The number of aromatic nitrogens is 3. The van der Waals surface area contributed by atoms with Crippen LogP contribution in [0.3, 0.4) is 0 Å². The van der Waals surface area contributed by atoms with Crippen molar-refractivity contribution in [3.63, 3.8) is 0 Å². The molecule has 6 nitrogen and oxygen atoms in total. The average molecular weight is 547 g/mol. The zero-order valence-electron chi connectivity index (χ0n) is 20.8. The van der Waals surface area contributed by atoms with Crippen molar-refractivity contribution in [2.75, 3.05) is 11.6 Å². The van der Waals surface area contributed by atoms with Crippen molar-refractivity contribution in [1.29, 1.82) is 0 Å². The highest BCUT2D eigenvalue weighted by Crippen LogP contribution is 2.32. The van der Waals surface area contributed by atoms with Crippen molar-refractivity contribution >= 4 is 33.2 Å². The molecule has 196 valence electrons. The minimum absolute atomic E-state index is 0.0882. The fraction of sp³-hybridized carbons (Fsp3) is 0.0690. The zero-order valence-corrected chi connectivity index (χ0v) is 21.7. The Bertz CT molecular complexity index is 1830. The lowest BCUT2D eigenvalue weighted by atomic mass is 9.98. The van der Waals surface area contributed by atoms with Gasteiger partial charge in [-0.05, 0) is 66.6 Å². The molecule has 10 heteroatoms. The van der Waals surface area contributed by atoms with Crippen molar-refractivity contribution in [1.82, 2.24) is 14.5 Å². The van der Waals surface area contributed by atoms with E-state index in [-0.39, 0.29) is 16.6 Å². The minimum atomic E-state index is -1.69. The second-order valence-corrected chi connectivity index (χ2v) is 10.0. The van der Waals surface area contributed by atoms with Crippen LogP contribution >= 0.6 is 0 Å². The molecule has 0 fully saturated rings. The quantitative estimate of drug-likeness (QED) is 0.265. The van der Waals surface area contributed by atoms with Gasteiger partial charge in [0, 0.05) is 34.7 Å². The van der Waals surface area contributed by atoms with Gasteiger partial charge in [-0.3, -0.25) is 13.6 Å². The second kappa shape index (κ2) is 10.3. The Morgan fingerprint density at radius 2 is 1.64 bits per heavy atom. The summed E-state index contributed by atoms with van der Waals surface area (Å²) < 4.78 is 56.2. The Kier molecular flexibility index (Phi) is 6.88. The van der Waals surface area contributed by atoms with E-state index in [1.54, 1.807) is 18.2 Å². The number of hydrogen-bond acceptors (Lipinski definition) is 5. The Hall–Kier alpha value is -4.57. The minimum Gasteiger partial charge on any atom is -0.356 e. The SMILES string of the molecule is C=C(Nc1ccc(F)cc1)c1ccc(C)c(-c2nc(S(C)=O)nc3c2ccc(=O)n3-c2c(F)cccc2F)c1. The summed E-state index contributed by atoms with van der Waals surface area (Å²) in [5.74, 6) is -2.27. The van der Waals surface area contributed by atoms with Gasteiger partial charge in [0.2, 0.25) is 5.16 Å². The molecule has 0 aliphatic rings. The van der Waals surface area contributed by atoms with E-state index in [1.807, 2.05) is 19.1 Å². The molecule has 0 bridgehead atoms. The lowest BCUT2D eigenvalue weighted by Gasteiger charge is -2.16. The number of nitrogens with zero attached hydrogens (tertiary/aromatic N) is 3. The van der Waals surface area contributed by atoms with E-state index < -0.39 is 33.7 Å². The van der Waals surface area contributed by atoms with Crippen LogP contribution in [-0.4, -0.2) is 25.0 Å². The number of rotatable bonds is 6. The number of pyridine rings is 1. The predicted octanol–water partition coefficient (Wildman–Crippen LogP) is 5.99. The smallest absolute Gasteiger partial charge is 0.256 e. The fourth-order valence-electron chi connectivity index (χ4n) is 4.19. The lowest BCUT2D eigenvalue weighted by molar-refractivity contribution is 0.568. The van der Waals surface area contributed by atoms with E-state index in [0.717, 1.165) is 22.3 Å². The summed E-state index contributed by atoms with van der Waals surface area (Å²) in [5.41, 5.74) is 2.16. The van der Waals surface area contributed by atoms with Crippen molar-refractivity contribution in [2.45, 2.75) is 12.1 Å². The molecular formula is C29H21F3N4O2S. The monoisotopic (exact) mass is 546 g/mol. The van der Waals surface area contributed by atoms with Crippen molar-refractivity contribution in [3.05, 3.63) is 118 Å². The van der Waals surface area contributed by atoms with Crippen LogP contribution in [0, 0.1) is 24.4 Å². The Morgan fingerprint density at radius 3 is 2.31 bits per heavy atom. The first-order valence-electron chi connectivity index (χ1n) is 11.7. The maximum absolute atomic E-state index is 14.8. The van der Waals surface area contributed by atoms with Gasteiger partial charge in [0.1, 0.15) is 23.1 Å². The number of benzene rings is 3. The van der Waals surface area contributed by atoms with E-state index in [2.05, 4.69) is 21.9 Å². The van der Waals surface area contributed by atoms with Crippen LogP contribution in [0.4, 0.5) is 18.9 Å². The van der Waals surface area contributed by atoms with Gasteiger partial charge in [0.15, 0.2) is 5.65 Å². The van der Waals surface area contributed by atoms with Gasteiger partial charge in [0.05, 0.1) is 16.5 Å². The molecule has 2 heterocycles. The molecule has 0 amide bonds. The third-order valence-electron chi connectivity index (χ3n) is 6.13. The Morgan fingerprint density at radius 1 is 0.949 bits per heavy atom. The van der Waals surface area contributed by atoms with Crippen molar-refractivity contribution < 1.29 is 17.4 Å². The first-order chi connectivity index (χ1) is 18.6. The van der Waals surface area contributed by atoms with E-state index in [0.29, 0.717) is 33.6 Å². The molecule has 1 unspecified atom stereocenters. The summed E-state index contributed by atoms with van der Waals surface area (Å²) in [4.78, 5) is 21.7. The van der Waals surface area contributed by atoms with Crippen molar-refractivity contribution in [2.24, 2.45) is 0 Å². The van der Waals surface area contributed by atoms with Crippen LogP contribution < -0.4 is 10.9 Å². The van der Waals surface area contributed by atoms with Gasteiger partial charge in [0.25, 0.3) is 5.56 Å². The van der Waals surface area contributed by atoms with E-state index in [4.69, 9.17) is 0 Å². The molecule has 0 spiro atoms. The first-order valence-corrected chi connectivity index (χ1v) is 13.2. The van der Waals surface area contributed by atoms with Gasteiger partial charge >= 0.3 is 0 Å². The van der Waals surface area contributed by atoms with Crippen LogP contribution in [0.25, 0.3) is 33.7 Å². The summed E-state index contributed by atoms with van der Waals surface area (Å²) >= 11 is 0. The molecule has 1 atom stereocenters. The number of halogens is 3. The Balaban J connectivity index is 1.73. The van der Waals surface area contributed by atoms with Gasteiger partial charge in [-0.15, -0.1) is 0 Å². The van der Waals surface area contributed by atoms with E-state index >= 15 is 0 Å². The number of fused-ring (bicyclic) bond motifs is 1. The van der Waals surface area contributed by atoms with Gasteiger partial charge < -0.3 is 5.32 Å². The lowest BCUT2D eigenvalue weighted by Crippen LogP contribution is -2.21. The maximum atomic E-state index is 14.8. The predicted molar refractivity (Wildman–Crippen MR) is 147 cm³/mol. The van der Waals surface area contributed by atoms with Crippen LogP contribution in [-0.2, 0) is 10.8 Å². The molecule has 0 aliphatic heterocycles. The summed E-state index contributed by atoms with van der Waals surface area (Å²) in [6, 6.07) is 17.2. The largest absolute Gasteiger partial charge is 0.356 e. The van der Waals surface area contributed by atoms with Gasteiger partial charge in [-0.1, -0.05) is 24.8 Å². The molecule has 0 saturated carbocycles. The molecule has 39 heavy (non-hydrogen) atoms. The average Bonchev–Trinajstić information content (AvgIpc) is 2.90. The van der Waals surface area contributed by atoms with E-state index in [9.17, 15) is 22.2 Å². The molecule has 1 N–H and O–H groups in total. The van der Waals surface area contributed by atoms with Crippen LogP contribution in [0.5, 0.6) is 0 Å². The highest BCUT2D eigenvalue weighted by Gasteiger charge is 2.21. The molecule has 5 aromatic rings. The van der Waals surface area contributed by atoms with Crippen LogP contribution in [0.1, 0.15) is 11.1 Å². The molecule has 0 radical (unpaired) electrons. The number of anilines is 1. The second-order valence-electron chi connectivity index (χ2n) is 8.76. The van der Waals surface area contributed by atoms with Crippen LogP contribution in [0.15, 0.2) is 89.3 Å². The molecular weight excluding hydrogens is 525 g/mol. The standard InChI is InChI=1S/C29H21F3N4O2S/c1-16-7-8-18(17(2)33-20-11-9-19(30)10-12-20)15-22(16)26-21-13-14-25(37)36(27-23(31)5-4-6-24(27)32)28(21)35-29(34-26)39(3)38/h4-15,33H,2H2,1,3H3. The third kappa shape index (κ3) is 4.98. The number of para-hydroxylation sites is 1. The highest BCUT2D eigenvalue weighted by molar-refractivity contribution is 7.84.